The number of fused-ring (bicyclic) bond motifs is 2. The van der Waals surface area contributed by atoms with E-state index < -0.39 is 0 Å². The predicted octanol–water partition coefficient (Wildman–Crippen LogP) is 3.65. The third-order valence-electron chi connectivity index (χ3n) is 5.63. The third kappa shape index (κ3) is 2.42. The summed E-state index contributed by atoms with van der Waals surface area (Å²) < 4.78 is 10.9. The van der Waals surface area contributed by atoms with Crippen LogP contribution >= 0.6 is 0 Å². The van der Waals surface area contributed by atoms with E-state index in [0.29, 0.717) is 11.5 Å². The molecule has 5 nitrogen and oxygen atoms in total. The Bertz CT molecular complexity index is 862. The molecule has 0 amide bonds. The molecule has 2 N–H and O–H groups in total. The van der Waals surface area contributed by atoms with Crippen LogP contribution < -0.4 is 9.47 Å². The smallest absolute Gasteiger partial charge is 0.168 e. The first-order valence-corrected chi connectivity index (χ1v) is 9.16. The standard InChI is InChI=1S/C21H25NO4/c1-4-6-22-7-5-12-9-17(24)21(26-3)20-14-11-18(25-2)16(23)10-13(14)8-15(22)19(12)20/h9-11,15,23-24H,4-8H2,1-3H3. The van der Waals surface area contributed by atoms with Crippen LogP contribution in [-0.2, 0) is 12.8 Å². The van der Waals surface area contributed by atoms with Gasteiger partial charge in [-0.3, -0.25) is 4.90 Å². The monoisotopic (exact) mass is 355 g/mol. The van der Waals surface area contributed by atoms with Gasteiger partial charge < -0.3 is 19.7 Å². The molecular weight excluding hydrogens is 330 g/mol. The number of benzene rings is 2. The van der Waals surface area contributed by atoms with Crippen molar-refractivity contribution in [2.45, 2.75) is 32.2 Å². The number of hydrogen-bond acceptors (Lipinski definition) is 5. The van der Waals surface area contributed by atoms with Crippen LogP contribution in [0.25, 0.3) is 11.1 Å². The van der Waals surface area contributed by atoms with Crippen LogP contribution in [0.1, 0.15) is 36.1 Å². The minimum atomic E-state index is 0.145. The molecule has 1 atom stereocenters. The molecule has 1 aliphatic heterocycles. The van der Waals surface area contributed by atoms with Crippen molar-refractivity contribution in [2.24, 2.45) is 0 Å². The zero-order chi connectivity index (χ0) is 18.4. The van der Waals surface area contributed by atoms with E-state index in [1.54, 1.807) is 20.3 Å². The summed E-state index contributed by atoms with van der Waals surface area (Å²) in [7, 11) is 3.14. The molecule has 0 bridgehead atoms. The van der Waals surface area contributed by atoms with E-state index in [1.165, 1.54) is 11.1 Å². The van der Waals surface area contributed by atoms with Gasteiger partial charge in [0.05, 0.1) is 14.2 Å². The molecule has 4 rings (SSSR count). The van der Waals surface area contributed by atoms with Crippen molar-refractivity contribution in [1.29, 1.82) is 0 Å². The van der Waals surface area contributed by atoms with Crippen molar-refractivity contribution in [2.75, 3.05) is 27.3 Å². The predicted molar refractivity (Wildman–Crippen MR) is 100 cm³/mol. The summed E-state index contributed by atoms with van der Waals surface area (Å²) >= 11 is 0. The summed E-state index contributed by atoms with van der Waals surface area (Å²) in [5.74, 6) is 1.25. The number of ether oxygens (including phenoxy) is 2. The van der Waals surface area contributed by atoms with Crippen molar-refractivity contribution in [3.05, 3.63) is 34.9 Å². The number of phenolic OH excluding ortho intramolecular Hbond substituents is 2. The summed E-state index contributed by atoms with van der Waals surface area (Å²) in [5, 5.41) is 20.8. The fraction of sp³-hybridized carbons (Fsp3) is 0.429. The van der Waals surface area contributed by atoms with Crippen LogP contribution in [0, 0.1) is 0 Å². The van der Waals surface area contributed by atoms with Crippen molar-refractivity contribution < 1.29 is 19.7 Å². The maximum absolute atomic E-state index is 10.5. The molecule has 26 heavy (non-hydrogen) atoms. The van der Waals surface area contributed by atoms with Crippen molar-refractivity contribution in [3.8, 4) is 34.1 Å². The van der Waals surface area contributed by atoms with Crippen LogP contribution in [0.2, 0.25) is 0 Å². The van der Waals surface area contributed by atoms with Gasteiger partial charge in [0.2, 0.25) is 0 Å². The highest BCUT2D eigenvalue weighted by molar-refractivity contribution is 5.84. The summed E-state index contributed by atoms with van der Waals surface area (Å²) in [6.07, 6.45) is 2.85. The molecule has 2 aromatic carbocycles. The molecule has 2 aromatic rings. The number of hydrogen-bond donors (Lipinski definition) is 2. The highest BCUT2D eigenvalue weighted by Crippen LogP contribution is 2.53. The quantitative estimate of drug-likeness (QED) is 0.877. The minimum absolute atomic E-state index is 0.145. The molecule has 0 spiro atoms. The Morgan fingerprint density at radius 1 is 1.08 bits per heavy atom. The highest BCUT2D eigenvalue weighted by atomic mass is 16.5. The molecule has 5 heteroatoms. The van der Waals surface area contributed by atoms with Crippen molar-refractivity contribution >= 4 is 0 Å². The number of nitrogens with zero attached hydrogens (tertiary/aromatic N) is 1. The number of phenols is 2. The van der Waals surface area contributed by atoms with Crippen LogP contribution in [0.15, 0.2) is 18.2 Å². The number of methoxy groups -OCH3 is 2. The fourth-order valence-corrected chi connectivity index (χ4v) is 4.55. The van der Waals surface area contributed by atoms with E-state index in [4.69, 9.17) is 9.47 Å². The van der Waals surface area contributed by atoms with Gasteiger partial charge in [0.1, 0.15) is 0 Å². The normalized spacial score (nSPS) is 18.2. The summed E-state index contributed by atoms with van der Waals surface area (Å²) in [4.78, 5) is 2.51. The maximum atomic E-state index is 10.5. The first-order valence-electron chi connectivity index (χ1n) is 9.16. The Morgan fingerprint density at radius 2 is 1.85 bits per heavy atom. The molecule has 138 valence electrons. The second kappa shape index (κ2) is 6.40. The van der Waals surface area contributed by atoms with Crippen molar-refractivity contribution in [3.63, 3.8) is 0 Å². The molecule has 0 saturated carbocycles. The maximum Gasteiger partial charge on any atom is 0.168 e. The third-order valence-corrected chi connectivity index (χ3v) is 5.63. The first kappa shape index (κ1) is 17.0. The van der Waals surface area contributed by atoms with Gasteiger partial charge in [-0.15, -0.1) is 0 Å². The zero-order valence-corrected chi connectivity index (χ0v) is 15.5. The van der Waals surface area contributed by atoms with Gasteiger partial charge in [-0.05, 0) is 66.3 Å². The Balaban J connectivity index is 2.01. The Kier molecular flexibility index (Phi) is 4.19. The topological polar surface area (TPSA) is 62.2 Å². The van der Waals surface area contributed by atoms with Gasteiger partial charge in [-0.25, -0.2) is 0 Å². The van der Waals surface area contributed by atoms with E-state index in [1.807, 2.05) is 12.1 Å². The molecule has 0 saturated heterocycles. The highest BCUT2D eigenvalue weighted by Gasteiger charge is 2.37. The largest absolute Gasteiger partial charge is 0.504 e. The second-order valence-corrected chi connectivity index (χ2v) is 7.06. The molecule has 0 radical (unpaired) electrons. The summed E-state index contributed by atoms with van der Waals surface area (Å²) in [6.45, 7) is 4.21. The van der Waals surface area contributed by atoms with E-state index in [2.05, 4.69) is 11.8 Å². The van der Waals surface area contributed by atoms with Gasteiger partial charge in [0, 0.05) is 18.2 Å². The van der Waals surface area contributed by atoms with E-state index in [9.17, 15) is 10.2 Å². The molecule has 0 aromatic heterocycles. The molecule has 1 unspecified atom stereocenters. The van der Waals surface area contributed by atoms with Crippen LogP contribution in [0.5, 0.6) is 23.0 Å². The zero-order valence-electron chi connectivity index (χ0n) is 15.5. The molecule has 0 fully saturated rings. The number of aromatic hydroxyl groups is 2. The number of rotatable bonds is 4. The van der Waals surface area contributed by atoms with Crippen LogP contribution in [0.4, 0.5) is 0 Å². The molecular formula is C21H25NO4. The van der Waals surface area contributed by atoms with Gasteiger partial charge >= 0.3 is 0 Å². The van der Waals surface area contributed by atoms with Crippen molar-refractivity contribution in [1.82, 2.24) is 4.90 Å². The SMILES string of the molecule is CCCN1CCc2cc(O)c(OC)c3c2C1Cc1cc(O)c(OC)cc1-3. The average Bonchev–Trinajstić information content (AvgIpc) is 2.63. The van der Waals surface area contributed by atoms with Gasteiger partial charge in [0.25, 0.3) is 0 Å². The van der Waals surface area contributed by atoms with Crippen LogP contribution in [-0.4, -0.2) is 42.4 Å². The van der Waals surface area contributed by atoms with E-state index >= 15 is 0 Å². The second-order valence-electron chi connectivity index (χ2n) is 7.06. The molecule has 2 aliphatic rings. The Labute approximate surface area is 153 Å². The Morgan fingerprint density at radius 3 is 2.54 bits per heavy atom. The summed E-state index contributed by atoms with van der Waals surface area (Å²) in [6, 6.07) is 5.75. The first-order chi connectivity index (χ1) is 12.6. The van der Waals surface area contributed by atoms with Gasteiger partial charge in [0.15, 0.2) is 23.0 Å². The average molecular weight is 355 g/mol. The lowest BCUT2D eigenvalue weighted by Gasteiger charge is -2.42. The fourth-order valence-electron chi connectivity index (χ4n) is 4.55. The lowest BCUT2D eigenvalue weighted by Crippen LogP contribution is -2.39. The van der Waals surface area contributed by atoms with Crippen LogP contribution in [0.3, 0.4) is 0 Å². The van der Waals surface area contributed by atoms with E-state index in [0.717, 1.165) is 49.0 Å². The van der Waals surface area contributed by atoms with Gasteiger partial charge in [-0.2, -0.15) is 0 Å². The van der Waals surface area contributed by atoms with E-state index in [-0.39, 0.29) is 17.5 Å². The molecule has 1 aliphatic carbocycles. The summed E-state index contributed by atoms with van der Waals surface area (Å²) in [5.41, 5.74) is 5.40. The minimum Gasteiger partial charge on any atom is -0.504 e. The lowest BCUT2D eigenvalue weighted by atomic mass is 9.76. The van der Waals surface area contributed by atoms with Gasteiger partial charge in [-0.1, -0.05) is 6.92 Å². The Hall–Kier alpha value is -2.40. The lowest BCUT2D eigenvalue weighted by molar-refractivity contribution is 0.182. The molecule has 1 heterocycles.